The highest BCUT2D eigenvalue weighted by Gasteiger charge is 2.49. The van der Waals surface area contributed by atoms with E-state index < -0.39 is 12.2 Å². The van der Waals surface area contributed by atoms with Crippen molar-refractivity contribution in [3.63, 3.8) is 0 Å². The summed E-state index contributed by atoms with van der Waals surface area (Å²) in [4.78, 5) is 21.9. The summed E-state index contributed by atoms with van der Waals surface area (Å²) in [6.45, 7) is 0.643. The van der Waals surface area contributed by atoms with Gasteiger partial charge in [-0.05, 0) is 28.6 Å². The molecule has 0 saturated carbocycles. The van der Waals surface area contributed by atoms with Gasteiger partial charge in [-0.2, -0.15) is 0 Å². The standard InChI is InChI=1S/C33H28N4O4/c38-33(37-27-12-6-10-23-9-4-5-11-25(23)27)41-29-20-40-30-28(19-39-31(29)30)36-32-34-18-17-26(35-32)24-15-13-22(14-16-24)21-7-2-1-3-8-21/h1-18,28-31H,19-20H2,(H,37,38)(H,34,35,36)/t28-,29+,30+,31+/m0/s1. The maximum absolute atomic E-state index is 12.8. The van der Waals surface area contributed by atoms with Crippen molar-refractivity contribution in [1.82, 2.24) is 9.97 Å². The minimum absolute atomic E-state index is 0.176. The molecule has 2 aliphatic heterocycles. The average molecular weight is 545 g/mol. The minimum atomic E-state index is -0.537. The number of anilines is 2. The molecule has 1 aromatic heterocycles. The van der Waals surface area contributed by atoms with E-state index in [1.165, 1.54) is 5.56 Å². The van der Waals surface area contributed by atoms with Crippen LogP contribution in [0, 0.1) is 0 Å². The number of nitrogens with one attached hydrogen (secondary N) is 2. The second-order valence-corrected chi connectivity index (χ2v) is 10.2. The number of carbonyl (C=O) groups excluding carboxylic acids is 1. The lowest BCUT2D eigenvalue weighted by atomic mass is 10.0. The van der Waals surface area contributed by atoms with Crippen molar-refractivity contribution in [2.45, 2.75) is 24.4 Å². The zero-order valence-electron chi connectivity index (χ0n) is 22.1. The molecular formula is C33H28N4O4. The SMILES string of the molecule is O=C(Nc1cccc2ccccc12)O[C@@H]1CO[C@H]2[C@@H]1OC[C@@H]2Nc1nccc(-c2ccc(-c3ccccc3)cc2)n1. The Morgan fingerprint density at radius 2 is 1.49 bits per heavy atom. The predicted molar refractivity (Wildman–Crippen MR) is 158 cm³/mol. The van der Waals surface area contributed by atoms with Gasteiger partial charge in [0.1, 0.15) is 12.2 Å². The second-order valence-electron chi connectivity index (χ2n) is 10.2. The largest absolute Gasteiger partial charge is 0.441 e. The maximum Gasteiger partial charge on any atom is 0.412 e. The van der Waals surface area contributed by atoms with Crippen LogP contribution in [0.2, 0.25) is 0 Å². The summed E-state index contributed by atoms with van der Waals surface area (Å²) in [5, 5.41) is 8.22. The molecule has 2 aliphatic rings. The molecule has 0 spiro atoms. The van der Waals surface area contributed by atoms with E-state index in [4.69, 9.17) is 19.2 Å². The number of rotatable bonds is 6. The molecule has 3 heterocycles. The van der Waals surface area contributed by atoms with Crippen LogP contribution in [-0.2, 0) is 14.2 Å². The number of hydrogen-bond donors (Lipinski definition) is 2. The summed E-state index contributed by atoms with van der Waals surface area (Å²) >= 11 is 0. The molecule has 0 bridgehead atoms. The number of aromatic nitrogens is 2. The molecule has 0 unspecified atom stereocenters. The summed E-state index contributed by atoms with van der Waals surface area (Å²) in [7, 11) is 0. The Balaban J connectivity index is 0.984. The number of fused-ring (bicyclic) bond motifs is 2. The first kappa shape index (κ1) is 25.2. The van der Waals surface area contributed by atoms with Crippen LogP contribution in [0.25, 0.3) is 33.2 Å². The lowest BCUT2D eigenvalue weighted by molar-refractivity contribution is 0.00917. The van der Waals surface area contributed by atoms with E-state index in [0.29, 0.717) is 18.2 Å². The summed E-state index contributed by atoms with van der Waals surface area (Å²) in [6.07, 6.45) is 0.0200. The molecule has 0 aliphatic carbocycles. The molecule has 2 N–H and O–H groups in total. The maximum atomic E-state index is 12.8. The van der Waals surface area contributed by atoms with Crippen molar-refractivity contribution in [2.75, 3.05) is 23.8 Å². The molecule has 4 aromatic carbocycles. The third-order valence-corrected chi connectivity index (χ3v) is 7.55. The first-order chi connectivity index (χ1) is 20.2. The van der Waals surface area contributed by atoms with E-state index in [1.54, 1.807) is 6.20 Å². The van der Waals surface area contributed by atoms with Crippen molar-refractivity contribution in [3.8, 4) is 22.4 Å². The van der Waals surface area contributed by atoms with Gasteiger partial charge in [0.15, 0.2) is 6.10 Å². The minimum Gasteiger partial charge on any atom is -0.441 e. The molecular weight excluding hydrogens is 516 g/mol. The van der Waals surface area contributed by atoms with Crippen LogP contribution in [0.15, 0.2) is 109 Å². The Hall–Kier alpha value is -4.79. The van der Waals surface area contributed by atoms with Gasteiger partial charge in [-0.25, -0.2) is 14.8 Å². The van der Waals surface area contributed by atoms with Crippen LogP contribution in [0.5, 0.6) is 0 Å². The third-order valence-electron chi connectivity index (χ3n) is 7.55. The van der Waals surface area contributed by atoms with Gasteiger partial charge in [0.25, 0.3) is 0 Å². The molecule has 2 fully saturated rings. The highest BCUT2D eigenvalue weighted by Crippen LogP contribution is 2.31. The fraction of sp³-hybridized carbons (Fsp3) is 0.182. The Kier molecular flexibility index (Phi) is 6.76. The quantitative estimate of drug-likeness (QED) is 0.264. The zero-order valence-corrected chi connectivity index (χ0v) is 22.1. The second kappa shape index (κ2) is 11.0. The molecule has 7 rings (SSSR count). The van der Waals surface area contributed by atoms with Crippen LogP contribution in [0.1, 0.15) is 0 Å². The van der Waals surface area contributed by atoms with E-state index in [9.17, 15) is 4.79 Å². The van der Waals surface area contributed by atoms with E-state index in [2.05, 4.69) is 52.0 Å². The summed E-state index contributed by atoms with van der Waals surface area (Å²) in [5.41, 5.74) is 4.83. The van der Waals surface area contributed by atoms with Crippen molar-refractivity contribution in [3.05, 3.63) is 109 Å². The average Bonchev–Trinajstić information content (AvgIpc) is 3.61. The topological polar surface area (TPSA) is 94.6 Å². The van der Waals surface area contributed by atoms with Crippen LogP contribution in [0.4, 0.5) is 16.4 Å². The summed E-state index contributed by atoms with van der Waals surface area (Å²) < 4.78 is 17.8. The van der Waals surface area contributed by atoms with Gasteiger partial charge in [0.05, 0.1) is 30.6 Å². The molecule has 41 heavy (non-hydrogen) atoms. The number of hydrogen-bond acceptors (Lipinski definition) is 7. The van der Waals surface area contributed by atoms with E-state index in [-0.39, 0.29) is 24.9 Å². The highest BCUT2D eigenvalue weighted by molar-refractivity contribution is 6.00. The first-order valence-electron chi connectivity index (χ1n) is 13.7. The molecule has 2 saturated heterocycles. The van der Waals surface area contributed by atoms with Gasteiger partial charge < -0.3 is 19.5 Å². The Bertz CT molecular complexity index is 1670. The van der Waals surface area contributed by atoms with Crippen LogP contribution in [-0.4, -0.2) is 53.6 Å². The number of carbonyl (C=O) groups is 1. The van der Waals surface area contributed by atoms with E-state index in [0.717, 1.165) is 27.6 Å². The lowest BCUT2D eigenvalue weighted by Crippen LogP contribution is -2.38. The molecule has 8 nitrogen and oxygen atoms in total. The van der Waals surface area contributed by atoms with Crippen molar-refractivity contribution in [1.29, 1.82) is 0 Å². The Labute approximate surface area is 237 Å². The Morgan fingerprint density at radius 1 is 0.756 bits per heavy atom. The van der Waals surface area contributed by atoms with Gasteiger partial charge in [-0.3, -0.25) is 5.32 Å². The third kappa shape index (κ3) is 5.23. The number of ether oxygens (including phenoxy) is 3. The summed E-state index contributed by atoms with van der Waals surface area (Å²) in [5.74, 6) is 0.491. The van der Waals surface area contributed by atoms with Crippen LogP contribution < -0.4 is 10.6 Å². The molecule has 204 valence electrons. The zero-order chi connectivity index (χ0) is 27.6. The van der Waals surface area contributed by atoms with Crippen LogP contribution >= 0.6 is 0 Å². The van der Waals surface area contributed by atoms with Gasteiger partial charge in [0, 0.05) is 17.1 Å². The lowest BCUT2D eigenvalue weighted by Gasteiger charge is -2.18. The molecule has 5 aromatic rings. The molecule has 0 radical (unpaired) electrons. The van der Waals surface area contributed by atoms with Gasteiger partial charge >= 0.3 is 6.09 Å². The normalized spacial score (nSPS) is 21.4. The van der Waals surface area contributed by atoms with E-state index >= 15 is 0 Å². The van der Waals surface area contributed by atoms with Gasteiger partial charge in [-0.1, -0.05) is 91.0 Å². The monoisotopic (exact) mass is 544 g/mol. The van der Waals surface area contributed by atoms with Gasteiger partial charge in [0.2, 0.25) is 5.95 Å². The van der Waals surface area contributed by atoms with Crippen molar-refractivity contribution < 1.29 is 19.0 Å². The molecule has 4 atom stereocenters. The number of benzene rings is 4. The highest BCUT2D eigenvalue weighted by atomic mass is 16.6. The fourth-order valence-electron chi connectivity index (χ4n) is 5.52. The first-order valence-corrected chi connectivity index (χ1v) is 13.7. The molecule has 1 amide bonds. The van der Waals surface area contributed by atoms with Crippen LogP contribution in [0.3, 0.4) is 0 Å². The molecule has 8 heteroatoms. The smallest absolute Gasteiger partial charge is 0.412 e. The van der Waals surface area contributed by atoms with E-state index in [1.807, 2.05) is 66.7 Å². The van der Waals surface area contributed by atoms with Crippen molar-refractivity contribution >= 4 is 28.5 Å². The predicted octanol–water partition coefficient (Wildman–Crippen LogP) is 6.16. The summed E-state index contributed by atoms with van der Waals surface area (Å²) in [6, 6.07) is 33.9. The number of amides is 1. The van der Waals surface area contributed by atoms with Crippen molar-refractivity contribution in [2.24, 2.45) is 0 Å². The number of nitrogens with zero attached hydrogens (tertiary/aromatic N) is 2. The Morgan fingerprint density at radius 3 is 2.37 bits per heavy atom. The van der Waals surface area contributed by atoms with Gasteiger partial charge in [-0.15, -0.1) is 0 Å². The fourth-order valence-corrected chi connectivity index (χ4v) is 5.52.